The first-order chi connectivity index (χ1) is 6.77. The Bertz CT molecular complexity index is 330. The molecule has 1 aromatic rings. The van der Waals surface area contributed by atoms with Gasteiger partial charge < -0.3 is 5.73 Å². The van der Waals surface area contributed by atoms with E-state index >= 15 is 0 Å². The van der Waals surface area contributed by atoms with Crippen LogP contribution in [-0.4, -0.2) is 6.00 Å². The van der Waals surface area contributed by atoms with E-state index in [1.165, 1.54) is 0 Å². The maximum atomic E-state index is 6.11. The molecule has 0 unspecified atom stereocenters. The van der Waals surface area contributed by atoms with E-state index in [1.807, 2.05) is 31.2 Å². The van der Waals surface area contributed by atoms with Crippen LogP contribution in [0, 0.1) is 0 Å². The van der Waals surface area contributed by atoms with E-state index in [0.29, 0.717) is 0 Å². The van der Waals surface area contributed by atoms with Crippen LogP contribution in [-0.2, 0) is 5.54 Å². The Morgan fingerprint density at radius 1 is 1.20 bits per heavy atom. The smallest absolute Gasteiger partial charge is 0.322 e. The summed E-state index contributed by atoms with van der Waals surface area (Å²) in [5.41, 5.74) is 6.86. The third-order valence-corrected chi connectivity index (χ3v) is 5.56. The van der Waals surface area contributed by atoms with E-state index in [1.54, 1.807) is 0 Å². The highest BCUT2D eigenvalue weighted by Gasteiger charge is 2.28. The fraction of sp³-hybridized carbons (Fsp3) is 0.400. The van der Waals surface area contributed by atoms with E-state index in [-0.39, 0.29) is 5.54 Å². The lowest BCUT2D eigenvalue weighted by Gasteiger charge is -2.23. The summed E-state index contributed by atoms with van der Waals surface area (Å²) in [5.74, 6) is 0. The number of nitrogens with two attached hydrogens (primary N) is 1. The van der Waals surface area contributed by atoms with E-state index in [9.17, 15) is 0 Å². The molecule has 0 saturated carbocycles. The van der Waals surface area contributed by atoms with Crippen LogP contribution < -0.4 is 10.9 Å². The van der Waals surface area contributed by atoms with Gasteiger partial charge in [-0.15, -0.1) is 33.2 Å². The summed E-state index contributed by atoms with van der Waals surface area (Å²) in [6.07, 6.45) is 0.873. The molecule has 0 heterocycles. The number of hydrogen-bond acceptors (Lipinski definition) is 1. The lowest BCUT2D eigenvalue weighted by atomic mass is 9.91. The molecule has 1 nitrogen and oxygen atoms in total. The van der Waals surface area contributed by atoms with Gasteiger partial charge in [-0.1, -0.05) is 31.2 Å². The minimum absolute atomic E-state index is 0.312. The molecule has 0 radical (unpaired) electrons. The average Bonchev–Trinajstić information content (AvgIpc) is 2.17. The largest absolute Gasteiger partial charge is 0.372 e. The first-order valence-electron chi connectivity index (χ1n) is 4.74. The summed E-state index contributed by atoms with van der Waals surface area (Å²) in [6, 6.07) is 4.84. The summed E-state index contributed by atoms with van der Waals surface area (Å²) in [5, 5.41) is 0.795. The lowest BCUT2D eigenvalue weighted by Crippen LogP contribution is -2.34. The molecule has 0 aliphatic carbocycles. The molecule has 0 aliphatic rings. The summed E-state index contributed by atoms with van der Waals surface area (Å²) in [6.45, 7) is 4.05. The predicted molar refractivity (Wildman–Crippen MR) is 71.2 cm³/mol. The van der Waals surface area contributed by atoms with Crippen LogP contribution in [0.25, 0.3) is 0 Å². The first kappa shape index (κ1) is 13.3. The minimum Gasteiger partial charge on any atom is -0.322 e. The van der Waals surface area contributed by atoms with Crippen molar-refractivity contribution in [2.75, 3.05) is 0 Å². The fourth-order valence-corrected chi connectivity index (χ4v) is 2.92. The van der Waals surface area contributed by atoms with Gasteiger partial charge in [0.15, 0.2) is 0 Å². The van der Waals surface area contributed by atoms with E-state index in [2.05, 4.69) is 6.92 Å². The van der Waals surface area contributed by atoms with Gasteiger partial charge in [-0.2, -0.15) is 0 Å². The Kier molecular flexibility index (Phi) is 4.12. The Morgan fingerprint density at radius 3 is 2.00 bits per heavy atom. The SMILES string of the molecule is CC[C@@](C)(N)c1ccc([Si](Cl)(Cl)Cl)cc1. The Morgan fingerprint density at radius 2 is 1.67 bits per heavy atom. The highest BCUT2D eigenvalue weighted by molar-refractivity contribution is 7.69. The normalized spacial score (nSPS) is 16.1. The van der Waals surface area contributed by atoms with Gasteiger partial charge in [-0.3, -0.25) is 0 Å². The van der Waals surface area contributed by atoms with Crippen molar-refractivity contribution in [3.05, 3.63) is 29.8 Å². The molecule has 0 saturated heterocycles. The maximum absolute atomic E-state index is 6.11. The van der Waals surface area contributed by atoms with Gasteiger partial charge in [0.1, 0.15) is 0 Å². The molecule has 84 valence electrons. The van der Waals surface area contributed by atoms with Crippen LogP contribution in [0.3, 0.4) is 0 Å². The number of halogens is 3. The highest BCUT2D eigenvalue weighted by atomic mass is 35.8. The third-order valence-electron chi connectivity index (χ3n) is 2.61. The van der Waals surface area contributed by atoms with Crippen molar-refractivity contribution in [2.45, 2.75) is 25.8 Å². The van der Waals surface area contributed by atoms with Crippen molar-refractivity contribution in [1.82, 2.24) is 0 Å². The average molecular weight is 283 g/mol. The number of rotatable bonds is 3. The van der Waals surface area contributed by atoms with Crippen LogP contribution in [0.4, 0.5) is 0 Å². The molecule has 0 bridgehead atoms. The monoisotopic (exact) mass is 281 g/mol. The van der Waals surface area contributed by atoms with Crippen molar-refractivity contribution in [1.29, 1.82) is 0 Å². The summed E-state index contributed by atoms with van der Waals surface area (Å²) in [7, 11) is 0. The second kappa shape index (κ2) is 4.64. The third kappa shape index (κ3) is 3.36. The van der Waals surface area contributed by atoms with Crippen LogP contribution in [0.1, 0.15) is 25.8 Å². The van der Waals surface area contributed by atoms with E-state index < -0.39 is 6.00 Å². The minimum atomic E-state index is -2.75. The fourth-order valence-electron chi connectivity index (χ4n) is 1.24. The predicted octanol–water partition coefficient (Wildman–Crippen LogP) is 3.13. The summed E-state index contributed by atoms with van der Waals surface area (Å²) < 4.78 is 0. The van der Waals surface area contributed by atoms with Crippen molar-refractivity contribution >= 4 is 44.4 Å². The zero-order chi connectivity index (χ0) is 11.7. The van der Waals surface area contributed by atoms with Crippen LogP contribution in [0.15, 0.2) is 24.3 Å². The molecule has 1 aromatic carbocycles. The standard InChI is InChI=1S/C10H14Cl3NSi/c1-3-10(2,14)8-4-6-9(7-5-8)15(11,12)13/h4-7H,3,14H2,1-2H3/t10-/m1/s1. The van der Waals surface area contributed by atoms with Gasteiger partial charge in [0.2, 0.25) is 0 Å². The molecule has 1 rings (SSSR count). The molecular formula is C10H14Cl3NSi. The van der Waals surface area contributed by atoms with Gasteiger partial charge in [0.25, 0.3) is 0 Å². The summed E-state index contributed by atoms with van der Waals surface area (Å²) in [4.78, 5) is 0. The van der Waals surface area contributed by atoms with Crippen molar-refractivity contribution in [3.8, 4) is 0 Å². The Hall–Kier alpha value is 0.267. The zero-order valence-corrected chi connectivity index (χ0v) is 12.0. The van der Waals surface area contributed by atoms with Gasteiger partial charge >= 0.3 is 6.00 Å². The second-order valence-corrected chi connectivity index (χ2v) is 12.3. The van der Waals surface area contributed by atoms with Gasteiger partial charge in [0, 0.05) is 5.54 Å². The molecule has 0 spiro atoms. The van der Waals surface area contributed by atoms with Crippen molar-refractivity contribution in [3.63, 3.8) is 0 Å². The molecule has 0 amide bonds. The second-order valence-electron chi connectivity index (χ2n) is 3.85. The molecular weight excluding hydrogens is 269 g/mol. The van der Waals surface area contributed by atoms with Crippen LogP contribution in [0.5, 0.6) is 0 Å². The number of benzene rings is 1. The van der Waals surface area contributed by atoms with Crippen molar-refractivity contribution in [2.24, 2.45) is 5.73 Å². The van der Waals surface area contributed by atoms with Crippen LogP contribution >= 0.6 is 33.2 Å². The topological polar surface area (TPSA) is 26.0 Å². The summed E-state index contributed by atoms with van der Waals surface area (Å²) >= 11 is 17.7. The maximum Gasteiger partial charge on any atom is 0.372 e. The van der Waals surface area contributed by atoms with Gasteiger partial charge in [-0.25, -0.2) is 0 Å². The van der Waals surface area contributed by atoms with Gasteiger partial charge in [0.05, 0.1) is 0 Å². The molecule has 5 heteroatoms. The molecule has 0 fully saturated rings. The molecule has 15 heavy (non-hydrogen) atoms. The Balaban J connectivity index is 3.01. The molecule has 0 aliphatic heterocycles. The Labute approximate surface area is 106 Å². The van der Waals surface area contributed by atoms with Crippen LogP contribution in [0.2, 0.25) is 0 Å². The first-order valence-corrected chi connectivity index (χ1v) is 9.77. The van der Waals surface area contributed by atoms with E-state index in [0.717, 1.165) is 17.2 Å². The molecule has 1 atom stereocenters. The van der Waals surface area contributed by atoms with E-state index in [4.69, 9.17) is 39.0 Å². The number of hydrogen-bond donors (Lipinski definition) is 1. The zero-order valence-electron chi connectivity index (χ0n) is 8.73. The molecule has 2 N–H and O–H groups in total. The quantitative estimate of drug-likeness (QED) is 0.669. The lowest BCUT2D eigenvalue weighted by molar-refractivity contribution is 0.476. The van der Waals surface area contributed by atoms with Gasteiger partial charge in [-0.05, 0) is 24.1 Å². The highest BCUT2D eigenvalue weighted by Crippen LogP contribution is 2.23. The molecule has 0 aromatic heterocycles. The van der Waals surface area contributed by atoms with Crippen molar-refractivity contribution < 1.29 is 0 Å².